The Bertz CT molecular complexity index is 563. The van der Waals surface area contributed by atoms with Crippen LogP contribution in [0.1, 0.15) is 23.6 Å². The van der Waals surface area contributed by atoms with Gasteiger partial charge in [0.1, 0.15) is 5.75 Å². The second-order valence-corrected chi connectivity index (χ2v) is 5.93. The van der Waals surface area contributed by atoms with Crippen molar-refractivity contribution in [3.8, 4) is 5.75 Å². The van der Waals surface area contributed by atoms with Crippen LogP contribution in [0.3, 0.4) is 0 Å². The van der Waals surface area contributed by atoms with Gasteiger partial charge in [-0.25, -0.2) is 0 Å². The first-order chi connectivity index (χ1) is 10.4. The predicted octanol–water partition coefficient (Wildman–Crippen LogP) is 1.68. The monoisotopic (exact) mass is 304 g/mol. The van der Waals surface area contributed by atoms with Crippen LogP contribution in [-0.2, 0) is 9.59 Å². The number of benzene rings is 1. The van der Waals surface area contributed by atoms with Crippen LogP contribution < -0.4 is 4.74 Å². The van der Waals surface area contributed by atoms with Gasteiger partial charge in [0.25, 0.3) is 5.91 Å². The maximum Gasteiger partial charge on any atom is 0.263 e. The number of ether oxygens (including phenoxy) is 1. The molecule has 0 bridgehead atoms. The second-order valence-electron chi connectivity index (χ2n) is 5.93. The van der Waals surface area contributed by atoms with Crippen LogP contribution in [0.5, 0.6) is 5.75 Å². The summed E-state index contributed by atoms with van der Waals surface area (Å²) >= 11 is 0. The molecule has 0 spiro atoms. The van der Waals surface area contributed by atoms with Crippen LogP contribution in [0, 0.1) is 20.8 Å². The number of rotatable bonds is 4. The van der Waals surface area contributed by atoms with Gasteiger partial charge in [0.05, 0.1) is 0 Å². The molecule has 1 aliphatic heterocycles. The lowest BCUT2D eigenvalue weighted by molar-refractivity contribution is -0.141. The summed E-state index contributed by atoms with van der Waals surface area (Å²) < 4.78 is 5.90. The topological polar surface area (TPSA) is 49.9 Å². The highest BCUT2D eigenvalue weighted by atomic mass is 16.5. The van der Waals surface area contributed by atoms with Crippen LogP contribution in [-0.4, -0.2) is 54.4 Å². The van der Waals surface area contributed by atoms with Crippen molar-refractivity contribution >= 4 is 12.3 Å². The maximum atomic E-state index is 12.5. The van der Waals surface area contributed by atoms with Crippen molar-refractivity contribution in [2.45, 2.75) is 33.8 Å². The van der Waals surface area contributed by atoms with Crippen molar-refractivity contribution in [1.29, 1.82) is 0 Å². The number of amides is 2. The molecule has 1 fully saturated rings. The van der Waals surface area contributed by atoms with Crippen LogP contribution in [0.25, 0.3) is 0 Å². The lowest BCUT2D eigenvalue weighted by Crippen LogP contribution is -2.51. The maximum absolute atomic E-state index is 12.5. The number of hydrogen-bond acceptors (Lipinski definition) is 3. The zero-order chi connectivity index (χ0) is 16.3. The summed E-state index contributed by atoms with van der Waals surface area (Å²) in [6, 6.07) is 4.07. The Morgan fingerprint density at radius 2 is 1.82 bits per heavy atom. The lowest BCUT2D eigenvalue weighted by Gasteiger charge is -2.34. The normalized spacial score (nSPS) is 16.4. The number of aryl methyl sites for hydroxylation is 2. The van der Waals surface area contributed by atoms with Gasteiger partial charge in [-0.1, -0.05) is 6.07 Å². The van der Waals surface area contributed by atoms with E-state index in [-0.39, 0.29) is 5.91 Å². The number of carbonyl (C=O) groups excluding carboxylic acids is 2. The molecule has 2 amide bonds. The second kappa shape index (κ2) is 6.81. The zero-order valence-electron chi connectivity index (χ0n) is 13.8. The molecule has 1 aromatic carbocycles. The molecule has 120 valence electrons. The van der Waals surface area contributed by atoms with Gasteiger partial charge >= 0.3 is 0 Å². The molecule has 22 heavy (non-hydrogen) atoms. The summed E-state index contributed by atoms with van der Waals surface area (Å²) in [4.78, 5) is 26.6. The van der Waals surface area contributed by atoms with E-state index in [0.29, 0.717) is 26.2 Å². The molecule has 1 aliphatic rings. The highest BCUT2D eigenvalue weighted by molar-refractivity contribution is 5.81. The molecule has 1 saturated heterocycles. The Hall–Kier alpha value is -2.04. The van der Waals surface area contributed by atoms with E-state index in [4.69, 9.17) is 4.74 Å². The van der Waals surface area contributed by atoms with E-state index < -0.39 is 6.10 Å². The van der Waals surface area contributed by atoms with Crippen LogP contribution in [0.2, 0.25) is 0 Å². The molecule has 0 saturated carbocycles. The van der Waals surface area contributed by atoms with Crippen molar-refractivity contribution in [2.75, 3.05) is 26.2 Å². The average molecular weight is 304 g/mol. The molecule has 5 heteroatoms. The fraction of sp³-hybridized carbons (Fsp3) is 0.529. The molecule has 0 radical (unpaired) electrons. The third-order valence-electron chi connectivity index (χ3n) is 4.19. The minimum absolute atomic E-state index is 0.0240. The van der Waals surface area contributed by atoms with E-state index in [1.165, 1.54) is 0 Å². The highest BCUT2D eigenvalue weighted by Gasteiger charge is 2.26. The summed E-state index contributed by atoms with van der Waals surface area (Å²) in [5.74, 6) is 0.744. The van der Waals surface area contributed by atoms with Crippen molar-refractivity contribution in [2.24, 2.45) is 0 Å². The quantitative estimate of drug-likeness (QED) is 0.795. The van der Waals surface area contributed by atoms with Gasteiger partial charge in [0, 0.05) is 26.2 Å². The van der Waals surface area contributed by atoms with Gasteiger partial charge in [-0.15, -0.1) is 0 Å². The summed E-state index contributed by atoms with van der Waals surface area (Å²) in [5.41, 5.74) is 3.35. The van der Waals surface area contributed by atoms with Crippen LogP contribution in [0.15, 0.2) is 12.1 Å². The zero-order valence-corrected chi connectivity index (χ0v) is 13.8. The van der Waals surface area contributed by atoms with E-state index in [1.807, 2.05) is 26.8 Å². The third kappa shape index (κ3) is 3.59. The molecule has 2 rings (SSSR count). The highest BCUT2D eigenvalue weighted by Crippen LogP contribution is 2.24. The van der Waals surface area contributed by atoms with E-state index in [0.717, 1.165) is 28.8 Å². The fourth-order valence-corrected chi connectivity index (χ4v) is 2.67. The molecular weight excluding hydrogens is 280 g/mol. The first kappa shape index (κ1) is 16.3. The van der Waals surface area contributed by atoms with Crippen LogP contribution >= 0.6 is 0 Å². The molecule has 1 heterocycles. The minimum Gasteiger partial charge on any atom is -0.481 e. The van der Waals surface area contributed by atoms with Gasteiger partial charge in [-0.2, -0.15) is 0 Å². The molecule has 1 aromatic rings. The van der Waals surface area contributed by atoms with Crippen molar-refractivity contribution in [3.63, 3.8) is 0 Å². The van der Waals surface area contributed by atoms with Crippen molar-refractivity contribution < 1.29 is 14.3 Å². The van der Waals surface area contributed by atoms with Gasteiger partial charge < -0.3 is 14.5 Å². The summed E-state index contributed by atoms with van der Waals surface area (Å²) in [7, 11) is 0. The lowest BCUT2D eigenvalue weighted by atomic mass is 10.1. The van der Waals surface area contributed by atoms with Gasteiger partial charge in [-0.05, 0) is 50.5 Å². The van der Waals surface area contributed by atoms with Crippen molar-refractivity contribution in [3.05, 3.63) is 28.8 Å². The van der Waals surface area contributed by atoms with E-state index in [2.05, 4.69) is 6.07 Å². The smallest absolute Gasteiger partial charge is 0.263 e. The van der Waals surface area contributed by atoms with Gasteiger partial charge in [0.15, 0.2) is 6.10 Å². The molecular formula is C17H24N2O3. The van der Waals surface area contributed by atoms with E-state index in [9.17, 15) is 9.59 Å². The number of carbonyl (C=O) groups is 2. The van der Waals surface area contributed by atoms with Crippen LogP contribution in [0.4, 0.5) is 0 Å². The Morgan fingerprint density at radius 1 is 1.18 bits per heavy atom. The van der Waals surface area contributed by atoms with Gasteiger partial charge in [0.2, 0.25) is 6.41 Å². The first-order valence-electron chi connectivity index (χ1n) is 7.65. The molecule has 1 atom stereocenters. The number of hydrogen-bond donors (Lipinski definition) is 0. The largest absolute Gasteiger partial charge is 0.481 e. The molecule has 5 nitrogen and oxygen atoms in total. The SMILES string of the molecule is Cc1cc(C)c(C)c(O[C@H](C)C(=O)N2CCN(C=O)CC2)c1. The van der Waals surface area contributed by atoms with E-state index >= 15 is 0 Å². The molecule has 0 aromatic heterocycles. The standard InChI is InChI=1S/C17H24N2O3/c1-12-9-13(2)14(3)16(10-12)22-15(4)17(21)19-7-5-18(11-20)6-8-19/h9-11,15H,5-8H2,1-4H3/t15-/m1/s1. The molecule has 0 unspecified atom stereocenters. The summed E-state index contributed by atoms with van der Waals surface area (Å²) in [5, 5.41) is 0. The van der Waals surface area contributed by atoms with Gasteiger partial charge in [-0.3, -0.25) is 9.59 Å². The number of nitrogens with zero attached hydrogens (tertiary/aromatic N) is 2. The molecule has 0 N–H and O–H groups in total. The summed E-state index contributed by atoms with van der Waals surface area (Å²) in [6.45, 7) is 10.2. The summed E-state index contributed by atoms with van der Waals surface area (Å²) in [6.07, 6.45) is 0.309. The average Bonchev–Trinajstić information content (AvgIpc) is 2.51. The minimum atomic E-state index is -0.525. The first-order valence-corrected chi connectivity index (χ1v) is 7.65. The Balaban J connectivity index is 2.02. The fourth-order valence-electron chi connectivity index (χ4n) is 2.67. The number of piperazine rings is 1. The van der Waals surface area contributed by atoms with E-state index in [1.54, 1.807) is 16.7 Å². The van der Waals surface area contributed by atoms with Crippen molar-refractivity contribution in [1.82, 2.24) is 9.80 Å². The Labute approximate surface area is 131 Å². The molecule has 0 aliphatic carbocycles. The predicted molar refractivity (Wildman–Crippen MR) is 85.0 cm³/mol. The third-order valence-corrected chi connectivity index (χ3v) is 4.19. The Kier molecular flexibility index (Phi) is 5.06. The Morgan fingerprint density at radius 3 is 2.41 bits per heavy atom.